The summed E-state index contributed by atoms with van der Waals surface area (Å²) in [5.74, 6) is 0.416. The van der Waals surface area contributed by atoms with Crippen molar-refractivity contribution >= 4 is 57.3 Å². The van der Waals surface area contributed by atoms with Crippen LogP contribution in [-0.2, 0) is 4.79 Å². The van der Waals surface area contributed by atoms with E-state index < -0.39 is 5.82 Å². The van der Waals surface area contributed by atoms with Crippen molar-refractivity contribution in [2.45, 2.75) is 12.1 Å². The highest BCUT2D eigenvalue weighted by Gasteiger charge is 2.21. The lowest BCUT2D eigenvalue weighted by molar-refractivity contribution is -0.113. The van der Waals surface area contributed by atoms with Crippen LogP contribution >= 0.6 is 35.3 Å². The van der Waals surface area contributed by atoms with E-state index in [1.807, 2.05) is 31.2 Å². The van der Waals surface area contributed by atoms with E-state index in [4.69, 9.17) is 26.7 Å². The third-order valence-corrected chi connectivity index (χ3v) is 8.04. The van der Waals surface area contributed by atoms with Gasteiger partial charge in [0.1, 0.15) is 22.0 Å². The number of para-hydroxylation sites is 2. The maximum absolute atomic E-state index is 13.9. The molecule has 0 aliphatic carbocycles. The molecule has 2 aromatic heterocycles. The van der Waals surface area contributed by atoms with E-state index in [0.29, 0.717) is 49.5 Å². The SMILES string of the molecule is CCOc1ccccc1-n1c(=S)sc2c(=O)n(-c3ccc(F)cc3)c(SCC(=O)Nc3cccc(OC)c3)nc21. The van der Waals surface area contributed by atoms with Crippen LogP contribution in [0.25, 0.3) is 21.7 Å². The molecule has 0 radical (unpaired) electrons. The Morgan fingerprint density at radius 3 is 2.62 bits per heavy atom. The molecule has 0 bridgehead atoms. The number of nitrogens with zero attached hydrogens (tertiary/aromatic N) is 3. The van der Waals surface area contributed by atoms with E-state index in [-0.39, 0.29) is 22.4 Å². The largest absolute Gasteiger partial charge is 0.497 e. The topological polar surface area (TPSA) is 87.4 Å². The Bertz CT molecular complexity index is 1820. The van der Waals surface area contributed by atoms with Crippen molar-refractivity contribution in [2.75, 3.05) is 24.8 Å². The fraction of sp³-hybridized carbons (Fsp3) is 0.143. The first-order valence-corrected chi connectivity index (χ1v) is 14.3. The second kappa shape index (κ2) is 12.0. The molecule has 0 aliphatic rings. The van der Waals surface area contributed by atoms with E-state index in [2.05, 4.69) is 5.32 Å². The smallest absolute Gasteiger partial charge is 0.278 e. The van der Waals surface area contributed by atoms with E-state index in [0.717, 1.165) is 23.1 Å². The lowest BCUT2D eigenvalue weighted by Crippen LogP contribution is -2.23. The molecule has 0 atom stereocenters. The van der Waals surface area contributed by atoms with Crippen molar-refractivity contribution in [3.63, 3.8) is 0 Å². The second-order valence-electron chi connectivity index (χ2n) is 8.34. The Hall–Kier alpha value is -4.00. The van der Waals surface area contributed by atoms with Gasteiger partial charge in [0, 0.05) is 11.8 Å². The molecule has 1 N–H and O–H groups in total. The minimum absolute atomic E-state index is 0.0449. The number of anilines is 1. The van der Waals surface area contributed by atoms with Crippen molar-refractivity contribution in [1.29, 1.82) is 0 Å². The lowest BCUT2D eigenvalue weighted by atomic mass is 10.3. The van der Waals surface area contributed by atoms with Crippen LogP contribution in [0.2, 0.25) is 0 Å². The third-order valence-electron chi connectivity index (χ3n) is 5.75. The van der Waals surface area contributed by atoms with Crippen LogP contribution in [0.1, 0.15) is 6.92 Å². The van der Waals surface area contributed by atoms with Crippen molar-refractivity contribution < 1.29 is 18.7 Å². The second-order valence-corrected chi connectivity index (χ2v) is 10.9. The molecule has 8 nitrogen and oxygen atoms in total. The third kappa shape index (κ3) is 5.64. The first-order chi connectivity index (χ1) is 19.4. The van der Waals surface area contributed by atoms with Crippen molar-refractivity contribution in [2.24, 2.45) is 0 Å². The van der Waals surface area contributed by atoms with Crippen molar-refractivity contribution in [1.82, 2.24) is 14.1 Å². The summed E-state index contributed by atoms with van der Waals surface area (Å²) in [6.45, 7) is 2.33. The molecular weight excluding hydrogens is 572 g/mol. The zero-order valence-corrected chi connectivity index (χ0v) is 23.9. The Labute approximate surface area is 242 Å². The van der Waals surface area contributed by atoms with E-state index in [1.165, 1.54) is 28.8 Å². The molecule has 3 aromatic carbocycles. The molecule has 12 heteroatoms. The number of halogens is 1. The van der Waals surface area contributed by atoms with Crippen LogP contribution in [0.3, 0.4) is 0 Å². The van der Waals surface area contributed by atoms with Crippen molar-refractivity contribution in [3.05, 3.63) is 92.9 Å². The quantitative estimate of drug-likeness (QED) is 0.123. The number of methoxy groups -OCH3 is 1. The molecule has 0 saturated carbocycles. The summed E-state index contributed by atoms with van der Waals surface area (Å²) in [5, 5.41) is 3.08. The number of carbonyl (C=O) groups is 1. The van der Waals surface area contributed by atoms with Crippen molar-refractivity contribution in [3.8, 4) is 22.9 Å². The molecule has 5 rings (SSSR count). The molecule has 204 valence electrons. The number of fused-ring (bicyclic) bond motifs is 1. The van der Waals surface area contributed by atoms with Crippen LogP contribution in [0.5, 0.6) is 11.5 Å². The van der Waals surface area contributed by atoms with Gasteiger partial charge in [-0.2, -0.15) is 0 Å². The van der Waals surface area contributed by atoms with Gasteiger partial charge >= 0.3 is 0 Å². The molecule has 1 amide bonds. The average molecular weight is 595 g/mol. The van der Waals surface area contributed by atoms with Gasteiger partial charge in [-0.3, -0.25) is 18.7 Å². The fourth-order valence-electron chi connectivity index (χ4n) is 4.01. The average Bonchev–Trinajstić information content (AvgIpc) is 3.29. The zero-order valence-electron chi connectivity index (χ0n) is 21.4. The number of amides is 1. The van der Waals surface area contributed by atoms with Gasteiger partial charge in [0.15, 0.2) is 14.8 Å². The highest BCUT2D eigenvalue weighted by molar-refractivity contribution is 7.99. The molecule has 0 aliphatic heterocycles. The van der Waals surface area contributed by atoms with Gasteiger partial charge in [-0.05, 0) is 67.7 Å². The Balaban J connectivity index is 1.60. The number of thiazole rings is 1. The highest BCUT2D eigenvalue weighted by Crippen LogP contribution is 2.31. The van der Waals surface area contributed by atoms with Crippen LogP contribution in [0, 0.1) is 9.77 Å². The minimum atomic E-state index is -0.438. The molecule has 5 aromatic rings. The predicted molar refractivity (Wildman–Crippen MR) is 159 cm³/mol. The number of carbonyl (C=O) groups excluding carboxylic acids is 1. The van der Waals surface area contributed by atoms with Gasteiger partial charge in [0.25, 0.3) is 5.56 Å². The Morgan fingerprint density at radius 2 is 1.88 bits per heavy atom. The number of rotatable bonds is 9. The van der Waals surface area contributed by atoms with Gasteiger partial charge in [0.2, 0.25) is 5.91 Å². The first kappa shape index (κ1) is 27.6. The van der Waals surface area contributed by atoms with Gasteiger partial charge in [-0.15, -0.1) is 0 Å². The van der Waals surface area contributed by atoms with E-state index >= 15 is 0 Å². The lowest BCUT2D eigenvalue weighted by Gasteiger charge is -2.14. The number of hydrogen-bond acceptors (Lipinski definition) is 8. The summed E-state index contributed by atoms with van der Waals surface area (Å²) >= 11 is 7.88. The molecule has 0 saturated heterocycles. The maximum Gasteiger partial charge on any atom is 0.278 e. The molecule has 0 spiro atoms. The summed E-state index contributed by atoms with van der Waals surface area (Å²) in [5.41, 5.74) is 1.61. The Morgan fingerprint density at radius 1 is 1.10 bits per heavy atom. The van der Waals surface area contributed by atoms with Crippen LogP contribution in [0.4, 0.5) is 10.1 Å². The molecule has 0 fully saturated rings. The number of ether oxygens (including phenoxy) is 2. The number of nitrogens with one attached hydrogen (secondary N) is 1. The zero-order chi connectivity index (χ0) is 28.2. The number of aromatic nitrogens is 3. The summed E-state index contributed by atoms with van der Waals surface area (Å²) in [4.78, 5) is 31.6. The first-order valence-electron chi connectivity index (χ1n) is 12.1. The summed E-state index contributed by atoms with van der Waals surface area (Å²) in [6, 6.07) is 19.9. The Kier molecular flexibility index (Phi) is 8.29. The summed E-state index contributed by atoms with van der Waals surface area (Å²) in [6.07, 6.45) is 0. The molecule has 40 heavy (non-hydrogen) atoms. The number of benzene rings is 3. The van der Waals surface area contributed by atoms with Crippen LogP contribution < -0.4 is 20.3 Å². The minimum Gasteiger partial charge on any atom is -0.497 e. The summed E-state index contributed by atoms with van der Waals surface area (Å²) < 4.78 is 28.6. The number of hydrogen-bond donors (Lipinski definition) is 1. The van der Waals surface area contributed by atoms with Gasteiger partial charge < -0.3 is 14.8 Å². The maximum atomic E-state index is 13.9. The molecule has 2 heterocycles. The highest BCUT2D eigenvalue weighted by atomic mass is 32.2. The normalized spacial score (nSPS) is 11.0. The van der Waals surface area contributed by atoms with E-state index in [9.17, 15) is 14.0 Å². The van der Waals surface area contributed by atoms with Gasteiger partial charge in [0.05, 0.1) is 30.8 Å². The van der Waals surface area contributed by atoms with Gasteiger partial charge in [-0.25, -0.2) is 9.37 Å². The number of thioether (sulfide) groups is 1. The van der Waals surface area contributed by atoms with Crippen LogP contribution in [0.15, 0.2) is 82.7 Å². The molecular formula is C28H23FN4O4S3. The standard InChI is InChI=1S/C28H23FN4O4S3/c1-3-37-22-10-5-4-9-21(22)33-25-24(40-28(33)38)26(35)32(19-13-11-17(29)12-14-19)27(31-25)39-16-23(34)30-18-7-6-8-20(15-18)36-2/h4-15H,3,16H2,1-2H3,(H,30,34). The molecule has 0 unspecified atom stereocenters. The summed E-state index contributed by atoms with van der Waals surface area (Å²) in [7, 11) is 1.55. The van der Waals surface area contributed by atoms with Crippen LogP contribution in [-0.4, -0.2) is 39.5 Å². The fourth-order valence-corrected chi connectivity index (χ4v) is 6.10. The van der Waals surface area contributed by atoms with E-state index in [1.54, 1.807) is 35.9 Å². The predicted octanol–water partition coefficient (Wildman–Crippen LogP) is 6.24. The monoisotopic (exact) mass is 594 g/mol. The van der Waals surface area contributed by atoms with Gasteiger partial charge in [-0.1, -0.05) is 41.3 Å².